The van der Waals surface area contributed by atoms with E-state index in [2.05, 4.69) is 10.6 Å². The van der Waals surface area contributed by atoms with Crippen molar-refractivity contribution in [3.8, 4) is 0 Å². The van der Waals surface area contributed by atoms with E-state index in [1.807, 2.05) is 40.6 Å². The fraction of sp³-hybridized carbons (Fsp3) is 0.409. The first-order valence-electron chi connectivity index (χ1n) is 10.0. The van der Waals surface area contributed by atoms with Gasteiger partial charge in [-0.1, -0.05) is 30.3 Å². The normalized spacial score (nSPS) is 14.4. The predicted octanol–water partition coefficient (Wildman–Crippen LogP) is 2.61. The number of hydrogen-bond donors (Lipinski definition) is 2. The molecule has 0 atom stereocenters. The monoisotopic (exact) mass is 413 g/mol. The summed E-state index contributed by atoms with van der Waals surface area (Å²) in [6.07, 6.45) is 3.05. The van der Waals surface area contributed by atoms with Crippen molar-refractivity contribution in [3.05, 3.63) is 58.3 Å². The van der Waals surface area contributed by atoms with Crippen LogP contribution in [-0.4, -0.2) is 48.3 Å². The zero-order valence-electron chi connectivity index (χ0n) is 16.4. The number of carbonyl (C=O) groups excluding carboxylic acids is 3. The number of likely N-dealkylation sites (tertiary alicyclic amines) is 1. The molecule has 2 heterocycles. The molecular formula is C22H27N3O3S. The van der Waals surface area contributed by atoms with Crippen molar-refractivity contribution < 1.29 is 14.4 Å². The fourth-order valence-corrected chi connectivity index (χ4v) is 4.05. The molecule has 1 fully saturated rings. The first kappa shape index (κ1) is 21.0. The van der Waals surface area contributed by atoms with Gasteiger partial charge in [-0.05, 0) is 36.3 Å². The molecule has 0 unspecified atom stereocenters. The first-order chi connectivity index (χ1) is 14.1. The Morgan fingerprint density at radius 2 is 1.79 bits per heavy atom. The van der Waals surface area contributed by atoms with Crippen LogP contribution in [0.2, 0.25) is 0 Å². The Balaban J connectivity index is 1.30. The summed E-state index contributed by atoms with van der Waals surface area (Å²) in [5, 5.41) is 9.51. The van der Waals surface area contributed by atoms with Gasteiger partial charge in [-0.2, -0.15) is 11.3 Å². The Labute approximate surface area is 175 Å². The van der Waals surface area contributed by atoms with E-state index in [1.54, 1.807) is 11.4 Å². The molecule has 0 radical (unpaired) electrons. The number of hydrogen-bond acceptors (Lipinski definition) is 4. The molecule has 1 saturated heterocycles. The smallest absolute Gasteiger partial charge is 0.252 e. The second kappa shape index (κ2) is 10.8. The Kier molecular flexibility index (Phi) is 7.81. The molecule has 1 aromatic heterocycles. The van der Waals surface area contributed by atoms with E-state index in [-0.39, 0.29) is 23.8 Å². The second-order valence-electron chi connectivity index (χ2n) is 7.23. The van der Waals surface area contributed by atoms with Crippen LogP contribution in [0.1, 0.15) is 41.6 Å². The molecular weight excluding hydrogens is 386 g/mol. The fourth-order valence-electron chi connectivity index (χ4n) is 3.41. The van der Waals surface area contributed by atoms with Gasteiger partial charge in [0, 0.05) is 49.5 Å². The summed E-state index contributed by atoms with van der Waals surface area (Å²) in [7, 11) is 0. The van der Waals surface area contributed by atoms with Gasteiger partial charge in [0.1, 0.15) is 0 Å². The van der Waals surface area contributed by atoms with Crippen LogP contribution >= 0.6 is 11.3 Å². The van der Waals surface area contributed by atoms with Gasteiger partial charge in [0.25, 0.3) is 5.91 Å². The third kappa shape index (κ3) is 6.71. The van der Waals surface area contributed by atoms with E-state index in [0.29, 0.717) is 38.0 Å². The lowest BCUT2D eigenvalue weighted by Gasteiger charge is -2.32. The van der Waals surface area contributed by atoms with Crippen LogP contribution in [0, 0.1) is 0 Å². The maximum absolute atomic E-state index is 12.3. The quantitative estimate of drug-likeness (QED) is 0.698. The SMILES string of the molecule is O=C(CCc1ccccc1)NC1CCN(C(=O)CCNC(=O)c2ccsc2)CC1. The Morgan fingerprint density at radius 3 is 2.48 bits per heavy atom. The van der Waals surface area contributed by atoms with Crippen LogP contribution in [0.3, 0.4) is 0 Å². The Morgan fingerprint density at radius 1 is 1.03 bits per heavy atom. The third-order valence-electron chi connectivity index (χ3n) is 5.10. The second-order valence-corrected chi connectivity index (χ2v) is 8.01. The van der Waals surface area contributed by atoms with Crippen molar-refractivity contribution in [3.63, 3.8) is 0 Å². The van der Waals surface area contributed by atoms with Crippen molar-refractivity contribution >= 4 is 29.1 Å². The third-order valence-corrected chi connectivity index (χ3v) is 5.79. The molecule has 1 aliphatic heterocycles. The molecule has 7 heteroatoms. The van der Waals surface area contributed by atoms with Gasteiger partial charge in [-0.25, -0.2) is 0 Å². The summed E-state index contributed by atoms with van der Waals surface area (Å²) in [5.74, 6) is -0.0322. The van der Waals surface area contributed by atoms with Crippen molar-refractivity contribution in [1.29, 1.82) is 0 Å². The molecule has 3 amide bonds. The molecule has 0 spiro atoms. The molecule has 3 rings (SSSR count). The zero-order valence-corrected chi connectivity index (χ0v) is 17.2. The molecule has 0 bridgehead atoms. The number of amides is 3. The van der Waals surface area contributed by atoms with Gasteiger partial charge in [-0.3, -0.25) is 14.4 Å². The number of carbonyl (C=O) groups is 3. The van der Waals surface area contributed by atoms with Crippen LogP contribution in [0.4, 0.5) is 0 Å². The zero-order chi connectivity index (χ0) is 20.5. The highest BCUT2D eigenvalue weighted by atomic mass is 32.1. The highest BCUT2D eigenvalue weighted by molar-refractivity contribution is 7.08. The van der Waals surface area contributed by atoms with E-state index in [1.165, 1.54) is 11.3 Å². The summed E-state index contributed by atoms with van der Waals surface area (Å²) in [5.41, 5.74) is 1.79. The lowest BCUT2D eigenvalue weighted by atomic mass is 10.0. The van der Waals surface area contributed by atoms with Gasteiger partial charge in [0.05, 0.1) is 0 Å². The number of aryl methyl sites for hydroxylation is 1. The summed E-state index contributed by atoms with van der Waals surface area (Å²) >= 11 is 1.47. The summed E-state index contributed by atoms with van der Waals surface area (Å²) < 4.78 is 0. The van der Waals surface area contributed by atoms with Gasteiger partial charge in [-0.15, -0.1) is 0 Å². The number of nitrogens with one attached hydrogen (secondary N) is 2. The maximum atomic E-state index is 12.3. The Hall–Kier alpha value is -2.67. The van der Waals surface area contributed by atoms with Crippen LogP contribution in [0.15, 0.2) is 47.2 Å². The minimum atomic E-state index is -0.143. The van der Waals surface area contributed by atoms with Crippen LogP contribution in [-0.2, 0) is 16.0 Å². The van der Waals surface area contributed by atoms with Crippen molar-refractivity contribution in [2.45, 2.75) is 38.1 Å². The average Bonchev–Trinajstić information content (AvgIpc) is 3.28. The molecule has 2 N–H and O–H groups in total. The van der Waals surface area contributed by atoms with E-state index >= 15 is 0 Å². The molecule has 1 aromatic carbocycles. The van der Waals surface area contributed by atoms with E-state index in [9.17, 15) is 14.4 Å². The minimum absolute atomic E-state index is 0.0458. The van der Waals surface area contributed by atoms with Gasteiger partial charge < -0.3 is 15.5 Å². The van der Waals surface area contributed by atoms with Gasteiger partial charge >= 0.3 is 0 Å². The molecule has 29 heavy (non-hydrogen) atoms. The van der Waals surface area contributed by atoms with Crippen LogP contribution in [0.5, 0.6) is 0 Å². The largest absolute Gasteiger partial charge is 0.353 e. The van der Waals surface area contributed by atoms with E-state index in [0.717, 1.165) is 24.8 Å². The first-order valence-corrected chi connectivity index (χ1v) is 11.0. The predicted molar refractivity (Wildman–Crippen MR) is 114 cm³/mol. The Bertz CT molecular complexity index is 800. The lowest BCUT2D eigenvalue weighted by molar-refractivity contribution is -0.132. The number of rotatable bonds is 8. The highest BCUT2D eigenvalue weighted by Crippen LogP contribution is 2.12. The summed E-state index contributed by atoms with van der Waals surface area (Å²) in [6, 6.07) is 11.9. The lowest BCUT2D eigenvalue weighted by Crippen LogP contribution is -2.47. The molecule has 154 valence electrons. The maximum Gasteiger partial charge on any atom is 0.252 e. The number of piperidine rings is 1. The van der Waals surface area contributed by atoms with Gasteiger partial charge in [0.2, 0.25) is 11.8 Å². The minimum Gasteiger partial charge on any atom is -0.353 e. The van der Waals surface area contributed by atoms with Crippen LogP contribution in [0.25, 0.3) is 0 Å². The standard InChI is InChI=1S/C22H27N3O3S/c26-20(7-6-17-4-2-1-3-5-17)24-19-9-13-25(14-10-19)21(27)8-12-23-22(28)18-11-15-29-16-18/h1-5,11,15-16,19H,6-10,12-14H2,(H,23,28)(H,24,26). The van der Waals surface area contributed by atoms with Crippen molar-refractivity contribution in [2.24, 2.45) is 0 Å². The number of benzene rings is 1. The average molecular weight is 414 g/mol. The number of nitrogens with zero attached hydrogens (tertiary/aromatic N) is 1. The summed E-state index contributed by atoms with van der Waals surface area (Å²) in [6.45, 7) is 1.62. The molecule has 6 nitrogen and oxygen atoms in total. The van der Waals surface area contributed by atoms with E-state index < -0.39 is 0 Å². The van der Waals surface area contributed by atoms with Crippen LogP contribution < -0.4 is 10.6 Å². The number of thiophene rings is 1. The van der Waals surface area contributed by atoms with Gasteiger partial charge in [0.15, 0.2) is 0 Å². The molecule has 1 aliphatic rings. The molecule has 0 aliphatic carbocycles. The van der Waals surface area contributed by atoms with Crippen molar-refractivity contribution in [1.82, 2.24) is 15.5 Å². The topological polar surface area (TPSA) is 78.5 Å². The van der Waals surface area contributed by atoms with E-state index in [4.69, 9.17) is 0 Å². The highest BCUT2D eigenvalue weighted by Gasteiger charge is 2.23. The molecule has 0 saturated carbocycles. The van der Waals surface area contributed by atoms with Crippen molar-refractivity contribution in [2.75, 3.05) is 19.6 Å². The molecule has 2 aromatic rings. The summed E-state index contributed by atoms with van der Waals surface area (Å²) in [4.78, 5) is 38.2.